The molecule has 6 aromatic carbocycles. The molecule has 0 atom stereocenters. The van der Waals surface area contributed by atoms with E-state index in [-0.39, 0.29) is 6.85 Å². The minimum Gasteiger partial charge on any atom is -0.455 e. The summed E-state index contributed by atoms with van der Waals surface area (Å²) in [5.74, 6) is 0. The van der Waals surface area contributed by atoms with Gasteiger partial charge in [-0.05, 0) is 47.3 Å². The predicted molar refractivity (Wildman–Crippen MR) is 192 cm³/mol. The highest BCUT2D eigenvalue weighted by Crippen LogP contribution is 2.50. The highest BCUT2D eigenvalue weighted by molar-refractivity contribution is 7.26. The van der Waals surface area contributed by atoms with Gasteiger partial charge in [0.1, 0.15) is 16.7 Å². The Balaban J connectivity index is 1.36. The average molecular weight is 602 g/mol. The quantitative estimate of drug-likeness (QED) is 0.162. The van der Waals surface area contributed by atoms with E-state index in [1.807, 2.05) is 11.3 Å². The summed E-state index contributed by atoms with van der Waals surface area (Å²) < 4.78 is 21.4. The average Bonchev–Trinajstić information content (AvgIpc) is 3.89. The second-order valence-corrected chi connectivity index (χ2v) is 13.8. The van der Waals surface area contributed by atoms with E-state index < -0.39 is 0 Å². The number of benzene rings is 6. The highest BCUT2D eigenvalue weighted by Gasteiger charge is 2.44. The lowest BCUT2D eigenvalue weighted by Crippen LogP contribution is -2.55. The molecule has 0 aliphatic carbocycles. The highest BCUT2D eigenvalue weighted by atomic mass is 32.1. The molecule has 0 saturated heterocycles. The lowest BCUT2D eigenvalue weighted by atomic mass is 9.45. The molecule has 2 aliphatic heterocycles. The zero-order valence-electron chi connectivity index (χ0n) is 24.2. The number of fused-ring (bicyclic) bond motifs is 18. The third-order valence-electron chi connectivity index (χ3n) is 10.7. The van der Waals surface area contributed by atoms with Gasteiger partial charge in [-0.25, -0.2) is 0 Å². The third-order valence-corrected chi connectivity index (χ3v) is 11.9. The molecule has 0 bridgehead atoms. The topological polar surface area (TPSA) is 36.1 Å². The molecule has 13 rings (SSSR count). The van der Waals surface area contributed by atoms with E-state index in [9.17, 15) is 0 Å². The summed E-state index contributed by atoms with van der Waals surface area (Å²) in [6.07, 6.45) is 0. The Bertz CT molecular complexity index is 3220. The van der Waals surface area contributed by atoms with Crippen LogP contribution in [0.2, 0.25) is 0 Å². The van der Waals surface area contributed by atoms with Crippen LogP contribution in [0.25, 0.3) is 103 Å². The van der Waals surface area contributed by atoms with Crippen molar-refractivity contribution in [1.29, 1.82) is 0 Å². The molecule has 0 saturated carbocycles. The van der Waals surface area contributed by atoms with E-state index in [0.29, 0.717) is 0 Å². The summed E-state index contributed by atoms with van der Waals surface area (Å²) in [6.45, 7) is -0.0509. The van der Waals surface area contributed by atoms with Crippen molar-refractivity contribution in [3.8, 4) is 16.8 Å². The van der Waals surface area contributed by atoms with Crippen LogP contribution in [0, 0.1) is 0 Å². The van der Waals surface area contributed by atoms with E-state index in [0.717, 1.165) is 49.4 Å². The van der Waals surface area contributed by atoms with Gasteiger partial charge in [-0.2, -0.15) is 0 Å². The van der Waals surface area contributed by atoms with Crippen LogP contribution >= 0.6 is 11.3 Å². The maximum atomic E-state index is 6.84. The Morgan fingerprint density at radius 3 is 2.17 bits per heavy atom. The van der Waals surface area contributed by atoms with Gasteiger partial charge >= 0.3 is 6.85 Å². The van der Waals surface area contributed by atoms with Crippen LogP contribution in [-0.4, -0.2) is 15.9 Å². The minimum absolute atomic E-state index is 0.0509. The second-order valence-electron chi connectivity index (χ2n) is 12.8. The molecule has 0 unspecified atom stereocenters. The monoisotopic (exact) mass is 602 g/mol. The first kappa shape index (κ1) is 22.7. The van der Waals surface area contributed by atoms with Gasteiger partial charge in [-0.15, -0.1) is 11.3 Å². The van der Waals surface area contributed by atoms with Crippen molar-refractivity contribution in [3.05, 3.63) is 115 Å². The molecule has 210 valence electrons. The number of aromatic nitrogens is 2. The summed E-state index contributed by atoms with van der Waals surface area (Å²) in [4.78, 5) is 0. The normalized spacial score (nSPS) is 13.6. The van der Waals surface area contributed by atoms with Crippen LogP contribution in [0.15, 0.2) is 124 Å². The first-order valence-corrected chi connectivity index (χ1v) is 16.5. The Morgan fingerprint density at radius 1 is 0.543 bits per heavy atom. The zero-order valence-corrected chi connectivity index (χ0v) is 25.0. The second kappa shape index (κ2) is 7.39. The molecule has 7 heterocycles. The molecule has 0 spiro atoms. The van der Waals surface area contributed by atoms with E-state index >= 15 is 0 Å². The molecular formula is C40H19BN2O2S. The zero-order chi connectivity index (χ0) is 29.4. The van der Waals surface area contributed by atoms with Gasteiger partial charge in [-0.1, -0.05) is 78.9 Å². The maximum absolute atomic E-state index is 6.84. The van der Waals surface area contributed by atoms with Gasteiger partial charge in [0, 0.05) is 59.3 Å². The first-order valence-electron chi connectivity index (χ1n) is 15.7. The van der Waals surface area contributed by atoms with Gasteiger partial charge in [0.05, 0.1) is 21.3 Å². The molecule has 2 aliphatic rings. The molecule has 46 heavy (non-hydrogen) atoms. The van der Waals surface area contributed by atoms with Crippen molar-refractivity contribution in [2.24, 2.45) is 0 Å². The molecule has 0 N–H and O–H groups in total. The number of para-hydroxylation sites is 4. The van der Waals surface area contributed by atoms with Gasteiger partial charge in [0.2, 0.25) is 0 Å². The van der Waals surface area contributed by atoms with Crippen LogP contribution in [0.1, 0.15) is 0 Å². The number of rotatable bonds is 0. The molecule has 5 aromatic heterocycles. The van der Waals surface area contributed by atoms with Crippen LogP contribution in [-0.2, 0) is 0 Å². The lowest BCUT2D eigenvalue weighted by Gasteiger charge is -2.33. The van der Waals surface area contributed by atoms with Crippen LogP contribution in [0.5, 0.6) is 0 Å². The lowest BCUT2D eigenvalue weighted by molar-refractivity contribution is 0.670. The number of thiophene rings is 1. The van der Waals surface area contributed by atoms with Gasteiger partial charge < -0.3 is 17.9 Å². The fourth-order valence-electron chi connectivity index (χ4n) is 9.03. The molecular weight excluding hydrogens is 583 g/mol. The van der Waals surface area contributed by atoms with Crippen LogP contribution in [0.4, 0.5) is 0 Å². The smallest absolute Gasteiger partial charge is 0.333 e. The van der Waals surface area contributed by atoms with E-state index in [1.54, 1.807) is 0 Å². The van der Waals surface area contributed by atoms with Crippen molar-refractivity contribution in [1.82, 2.24) is 9.05 Å². The molecule has 0 fully saturated rings. The number of hydrogen-bond acceptors (Lipinski definition) is 3. The molecule has 4 nitrogen and oxygen atoms in total. The standard InChI is InChI=1S/C40H19BN2O2S/c1-4-16-29-20(9-1)26-19-28-33-32(38(26)44-29)23-12-7-13-24-34(23)43(36-21-10-2-5-17-30(21)45-39(24)36)41(33)27-15-8-14-25-35(27)42(28)37-22-11-3-6-18-31(22)46-40(25)37/h1-19H. The van der Waals surface area contributed by atoms with Gasteiger partial charge in [0.15, 0.2) is 5.58 Å². The number of nitrogens with zero attached hydrogens (tertiary/aromatic N) is 2. The molecule has 0 amide bonds. The van der Waals surface area contributed by atoms with E-state index in [1.165, 1.54) is 64.5 Å². The van der Waals surface area contributed by atoms with Crippen LogP contribution < -0.4 is 10.9 Å². The maximum Gasteiger partial charge on any atom is 0.333 e. The van der Waals surface area contributed by atoms with Crippen molar-refractivity contribution >= 4 is 115 Å². The Morgan fingerprint density at radius 2 is 1.26 bits per heavy atom. The number of furan rings is 2. The number of hydrogen-bond donors (Lipinski definition) is 0. The SMILES string of the molecule is c1ccc2c(c1)oc1c3c4c(cc12)-n1c2c(cccc2c2sc5ccccc5c21)B4n1c2c-3cccc2c2oc3ccccc3c21. The fourth-order valence-corrected chi connectivity index (χ4v) is 10.2. The summed E-state index contributed by atoms with van der Waals surface area (Å²) in [7, 11) is 0. The molecule has 6 heteroatoms. The summed E-state index contributed by atoms with van der Waals surface area (Å²) in [5, 5.41) is 7.21. The van der Waals surface area contributed by atoms with Crippen molar-refractivity contribution < 1.29 is 8.83 Å². The Labute approximate surface area is 264 Å². The fraction of sp³-hybridized carbons (Fsp3) is 0. The van der Waals surface area contributed by atoms with E-state index in [4.69, 9.17) is 8.83 Å². The first-order chi connectivity index (χ1) is 22.8. The predicted octanol–water partition coefficient (Wildman–Crippen LogP) is 9.70. The summed E-state index contributed by atoms with van der Waals surface area (Å²) in [6, 6.07) is 41.8. The van der Waals surface area contributed by atoms with Crippen LogP contribution in [0.3, 0.4) is 0 Å². The largest absolute Gasteiger partial charge is 0.455 e. The summed E-state index contributed by atoms with van der Waals surface area (Å²) >= 11 is 1.90. The van der Waals surface area contributed by atoms with Gasteiger partial charge in [0.25, 0.3) is 0 Å². The Kier molecular flexibility index (Phi) is 3.65. The van der Waals surface area contributed by atoms with E-state index in [2.05, 4.69) is 124 Å². The molecule has 0 radical (unpaired) electrons. The van der Waals surface area contributed by atoms with Gasteiger partial charge in [-0.3, -0.25) is 0 Å². The Hall–Kier alpha value is -5.72. The third kappa shape index (κ3) is 2.33. The van der Waals surface area contributed by atoms with Crippen molar-refractivity contribution in [3.63, 3.8) is 0 Å². The molecule has 11 aromatic rings. The minimum atomic E-state index is -0.0509. The van der Waals surface area contributed by atoms with Crippen molar-refractivity contribution in [2.75, 3.05) is 0 Å². The van der Waals surface area contributed by atoms with Crippen molar-refractivity contribution in [2.45, 2.75) is 0 Å². The summed E-state index contributed by atoms with van der Waals surface area (Å²) in [5.41, 5.74) is 14.9.